The Kier molecular flexibility index (Phi) is 7.52. The molecule has 0 saturated carbocycles. The van der Waals surface area contributed by atoms with Crippen LogP contribution in [0.4, 0.5) is 5.69 Å². The second kappa shape index (κ2) is 9.85. The lowest BCUT2D eigenvalue weighted by Gasteiger charge is -2.34. The summed E-state index contributed by atoms with van der Waals surface area (Å²) in [6.07, 6.45) is -0.290. The summed E-state index contributed by atoms with van der Waals surface area (Å²) < 4.78 is 16.0. The van der Waals surface area contributed by atoms with Crippen molar-refractivity contribution >= 4 is 17.6 Å². The summed E-state index contributed by atoms with van der Waals surface area (Å²) in [5.74, 6) is -0.866. The van der Waals surface area contributed by atoms with Crippen LogP contribution in [0.1, 0.15) is 0 Å². The van der Waals surface area contributed by atoms with Gasteiger partial charge in [0.25, 0.3) is 5.91 Å². The van der Waals surface area contributed by atoms with E-state index in [-0.39, 0.29) is 42.3 Å². The minimum Gasteiger partial charge on any atom is -0.490 e. The van der Waals surface area contributed by atoms with E-state index in [1.807, 2.05) is 0 Å². The second-order valence-corrected chi connectivity index (χ2v) is 6.30. The van der Waals surface area contributed by atoms with E-state index in [0.29, 0.717) is 26.2 Å². The van der Waals surface area contributed by atoms with Gasteiger partial charge in [0, 0.05) is 31.8 Å². The number of aliphatic carboxylic acids is 1. The van der Waals surface area contributed by atoms with Gasteiger partial charge in [0.15, 0.2) is 6.61 Å². The minimum absolute atomic E-state index is 0.0443. The normalized spacial score (nSPS) is 16.7. The summed E-state index contributed by atoms with van der Waals surface area (Å²) in [6.45, 7) is 1.12. The number of carboxylic acids is 1. The Bertz CT molecular complexity index is 726. The summed E-state index contributed by atoms with van der Waals surface area (Å²) in [5.41, 5.74) is -0.192. The molecular formula is C17H23N3O8. The Morgan fingerprint density at radius 3 is 2.86 bits per heavy atom. The van der Waals surface area contributed by atoms with Crippen molar-refractivity contribution in [1.29, 1.82) is 0 Å². The van der Waals surface area contributed by atoms with Crippen molar-refractivity contribution in [2.75, 3.05) is 53.6 Å². The van der Waals surface area contributed by atoms with E-state index >= 15 is 0 Å². The first kappa shape index (κ1) is 21.4. The molecule has 0 aliphatic carbocycles. The maximum absolute atomic E-state index is 12.4. The molecule has 154 valence electrons. The van der Waals surface area contributed by atoms with Gasteiger partial charge >= 0.3 is 11.7 Å². The van der Waals surface area contributed by atoms with Crippen LogP contribution in [-0.4, -0.2) is 91.4 Å². The molecule has 28 heavy (non-hydrogen) atoms. The van der Waals surface area contributed by atoms with Gasteiger partial charge in [-0.2, -0.15) is 0 Å². The number of hydrogen-bond donors (Lipinski definition) is 1. The molecule has 0 bridgehead atoms. The molecule has 1 amide bonds. The summed E-state index contributed by atoms with van der Waals surface area (Å²) in [5, 5.41) is 19.7. The van der Waals surface area contributed by atoms with Crippen LogP contribution in [0, 0.1) is 10.1 Å². The number of likely N-dealkylation sites (N-methyl/N-ethyl adjacent to an activating group) is 1. The van der Waals surface area contributed by atoms with Crippen molar-refractivity contribution in [3.63, 3.8) is 0 Å². The molecular weight excluding hydrogens is 374 g/mol. The van der Waals surface area contributed by atoms with Gasteiger partial charge in [0.1, 0.15) is 5.75 Å². The number of amides is 1. The number of nitrogens with zero attached hydrogens (tertiary/aromatic N) is 3. The first-order valence-electron chi connectivity index (χ1n) is 8.55. The van der Waals surface area contributed by atoms with Gasteiger partial charge in [-0.3, -0.25) is 24.6 Å². The molecule has 2 rings (SSSR count). The Balaban J connectivity index is 1.88. The van der Waals surface area contributed by atoms with Gasteiger partial charge in [-0.1, -0.05) is 0 Å². The average Bonchev–Trinajstić information content (AvgIpc) is 2.65. The Hall–Kier alpha value is -2.92. The van der Waals surface area contributed by atoms with Gasteiger partial charge in [-0.15, -0.1) is 0 Å². The van der Waals surface area contributed by atoms with E-state index < -0.39 is 10.9 Å². The Morgan fingerprint density at radius 1 is 1.46 bits per heavy atom. The molecule has 0 spiro atoms. The topological polar surface area (TPSA) is 132 Å². The van der Waals surface area contributed by atoms with Crippen molar-refractivity contribution in [2.24, 2.45) is 0 Å². The first-order valence-corrected chi connectivity index (χ1v) is 8.55. The standard InChI is InChI=1S/C17H23N3O8/c1-18(10-17(22)23)8-13-9-19(5-6-27-13)16(21)11-28-12-3-4-14(20(24)25)15(7-12)26-2/h3-4,7,13H,5-6,8-11H2,1-2H3,(H,22,23). The van der Waals surface area contributed by atoms with Crippen molar-refractivity contribution in [3.8, 4) is 11.5 Å². The van der Waals surface area contributed by atoms with Gasteiger partial charge in [-0.05, 0) is 13.1 Å². The smallest absolute Gasteiger partial charge is 0.317 e. The third-order valence-electron chi connectivity index (χ3n) is 4.12. The van der Waals surface area contributed by atoms with Gasteiger partial charge < -0.3 is 24.2 Å². The third kappa shape index (κ3) is 6.06. The molecule has 11 heteroatoms. The van der Waals surface area contributed by atoms with Crippen LogP contribution in [0.2, 0.25) is 0 Å². The molecule has 1 heterocycles. The van der Waals surface area contributed by atoms with Crippen molar-refractivity contribution < 1.29 is 33.8 Å². The number of ether oxygens (including phenoxy) is 3. The number of carbonyl (C=O) groups excluding carboxylic acids is 1. The molecule has 1 N–H and O–H groups in total. The highest BCUT2D eigenvalue weighted by Gasteiger charge is 2.26. The summed E-state index contributed by atoms with van der Waals surface area (Å²) in [6, 6.07) is 4.01. The molecule has 0 radical (unpaired) electrons. The molecule has 1 aromatic carbocycles. The monoisotopic (exact) mass is 397 g/mol. The van der Waals surface area contributed by atoms with E-state index in [2.05, 4.69) is 0 Å². The number of nitro groups is 1. The Labute approximate surface area is 161 Å². The molecule has 1 aliphatic rings. The fourth-order valence-electron chi connectivity index (χ4n) is 2.83. The number of nitro benzene ring substituents is 1. The SMILES string of the molecule is COc1cc(OCC(=O)N2CCOC(CN(C)CC(=O)O)C2)ccc1[N+](=O)[O-]. The fraction of sp³-hybridized carbons (Fsp3) is 0.529. The lowest BCUT2D eigenvalue weighted by molar-refractivity contribution is -0.385. The average molecular weight is 397 g/mol. The zero-order chi connectivity index (χ0) is 20.7. The number of morpholine rings is 1. The molecule has 1 atom stereocenters. The van der Waals surface area contributed by atoms with Gasteiger partial charge in [0.2, 0.25) is 5.75 Å². The largest absolute Gasteiger partial charge is 0.490 e. The van der Waals surface area contributed by atoms with Crippen LogP contribution in [0.25, 0.3) is 0 Å². The molecule has 1 aliphatic heterocycles. The number of methoxy groups -OCH3 is 1. The number of rotatable bonds is 9. The fourth-order valence-corrected chi connectivity index (χ4v) is 2.83. The third-order valence-corrected chi connectivity index (χ3v) is 4.12. The highest BCUT2D eigenvalue weighted by Crippen LogP contribution is 2.30. The second-order valence-electron chi connectivity index (χ2n) is 6.30. The van der Waals surface area contributed by atoms with Crippen LogP contribution < -0.4 is 9.47 Å². The van der Waals surface area contributed by atoms with Crippen LogP contribution >= 0.6 is 0 Å². The zero-order valence-electron chi connectivity index (χ0n) is 15.7. The van der Waals surface area contributed by atoms with Crippen molar-refractivity contribution in [3.05, 3.63) is 28.3 Å². The van der Waals surface area contributed by atoms with Crippen molar-refractivity contribution in [1.82, 2.24) is 9.80 Å². The maximum atomic E-state index is 12.4. The molecule has 1 unspecified atom stereocenters. The number of benzene rings is 1. The van der Waals surface area contributed by atoms with E-state index in [1.165, 1.54) is 25.3 Å². The molecule has 1 fully saturated rings. The van der Waals surface area contributed by atoms with Crippen LogP contribution in [0.3, 0.4) is 0 Å². The van der Waals surface area contributed by atoms with Crippen LogP contribution in [0.15, 0.2) is 18.2 Å². The zero-order valence-corrected chi connectivity index (χ0v) is 15.7. The summed E-state index contributed by atoms with van der Waals surface area (Å²) in [4.78, 5) is 36.7. The summed E-state index contributed by atoms with van der Waals surface area (Å²) >= 11 is 0. The molecule has 1 aromatic rings. The van der Waals surface area contributed by atoms with Gasteiger partial charge in [0.05, 0.1) is 31.3 Å². The predicted molar refractivity (Wildman–Crippen MR) is 96.6 cm³/mol. The lowest BCUT2D eigenvalue weighted by atomic mass is 10.2. The van der Waals surface area contributed by atoms with E-state index in [0.717, 1.165) is 0 Å². The minimum atomic E-state index is -0.932. The highest BCUT2D eigenvalue weighted by atomic mass is 16.6. The highest BCUT2D eigenvalue weighted by molar-refractivity contribution is 5.78. The van der Waals surface area contributed by atoms with E-state index in [1.54, 1.807) is 16.8 Å². The predicted octanol–water partition coefficient (Wildman–Crippen LogP) is 0.226. The lowest BCUT2D eigenvalue weighted by Crippen LogP contribution is -2.50. The van der Waals surface area contributed by atoms with Crippen LogP contribution in [-0.2, 0) is 14.3 Å². The maximum Gasteiger partial charge on any atom is 0.317 e. The molecule has 11 nitrogen and oxygen atoms in total. The Morgan fingerprint density at radius 2 is 2.21 bits per heavy atom. The number of hydrogen-bond acceptors (Lipinski definition) is 8. The van der Waals surface area contributed by atoms with Crippen molar-refractivity contribution in [2.45, 2.75) is 6.10 Å². The molecule has 1 saturated heterocycles. The quantitative estimate of drug-likeness (QED) is 0.459. The molecule has 0 aromatic heterocycles. The van der Waals surface area contributed by atoms with E-state index in [4.69, 9.17) is 19.3 Å². The van der Waals surface area contributed by atoms with E-state index in [9.17, 15) is 19.7 Å². The van der Waals surface area contributed by atoms with Crippen LogP contribution in [0.5, 0.6) is 11.5 Å². The number of carboxylic acid groups (broad SMARTS) is 1. The number of carbonyl (C=O) groups is 2. The van der Waals surface area contributed by atoms with Gasteiger partial charge in [-0.25, -0.2) is 0 Å². The first-order chi connectivity index (χ1) is 13.3. The summed E-state index contributed by atoms with van der Waals surface area (Å²) in [7, 11) is 2.98.